The monoisotopic (exact) mass is 261 g/mol. The van der Waals surface area contributed by atoms with Crippen LogP contribution in [0.2, 0.25) is 4.34 Å². The minimum absolute atomic E-state index is 0.365. The highest BCUT2D eigenvalue weighted by molar-refractivity contribution is 7.10. The standard InChI is InChI=1S/C10H16ClN3OS/c1-2-15-8-4-3-5-14(6-8)7-9-10(11)16-13-12-9/h8H,2-7H2,1H3. The number of rotatable bonds is 4. The van der Waals surface area contributed by atoms with Crippen molar-refractivity contribution in [3.8, 4) is 0 Å². The van der Waals surface area contributed by atoms with Crippen LogP contribution >= 0.6 is 23.1 Å². The van der Waals surface area contributed by atoms with E-state index >= 15 is 0 Å². The van der Waals surface area contributed by atoms with Crippen molar-refractivity contribution in [2.24, 2.45) is 0 Å². The number of likely N-dealkylation sites (tertiary alicyclic amines) is 1. The topological polar surface area (TPSA) is 38.2 Å². The van der Waals surface area contributed by atoms with Crippen molar-refractivity contribution in [2.75, 3.05) is 19.7 Å². The van der Waals surface area contributed by atoms with Crippen molar-refractivity contribution in [1.29, 1.82) is 0 Å². The Labute approximate surface area is 105 Å². The van der Waals surface area contributed by atoms with E-state index in [9.17, 15) is 0 Å². The molecule has 0 aromatic carbocycles. The molecule has 1 aromatic heterocycles. The molecule has 1 aliphatic rings. The molecule has 0 radical (unpaired) electrons. The molecule has 2 rings (SSSR count). The van der Waals surface area contributed by atoms with Crippen LogP contribution in [0.4, 0.5) is 0 Å². The summed E-state index contributed by atoms with van der Waals surface area (Å²) in [5.41, 5.74) is 0.892. The molecule has 1 fully saturated rings. The summed E-state index contributed by atoms with van der Waals surface area (Å²) < 4.78 is 10.2. The van der Waals surface area contributed by atoms with Gasteiger partial charge in [0.2, 0.25) is 0 Å². The van der Waals surface area contributed by atoms with E-state index in [1.807, 2.05) is 6.92 Å². The Kier molecular flexibility index (Phi) is 4.52. The van der Waals surface area contributed by atoms with Gasteiger partial charge < -0.3 is 4.74 Å². The molecule has 0 saturated carbocycles. The minimum atomic E-state index is 0.365. The van der Waals surface area contributed by atoms with E-state index in [1.54, 1.807) is 0 Å². The van der Waals surface area contributed by atoms with Crippen LogP contribution in [0.3, 0.4) is 0 Å². The SMILES string of the molecule is CCOC1CCCN(Cc2nnsc2Cl)C1. The van der Waals surface area contributed by atoms with Gasteiger partial charge in [-0.2, -0.15) is 0 Å². The largest absolute Gasteiger partial charge is 0.377 e. The summed E-state index contributed by atoms with van der Waals surface area (Å²) in [5, 5.41) is 4.03. The normalized spacial score (nSPS) is 22.5. The van der Waals surface area contributed by atoms with E-state index in [0.29, 0.717) is 10.4 Å². The third kappa shape index (κ3) is 3.13. The van der Waals surface area contributed by atoms with Crippen molar-refractivity contribution in [3.63, 3.8) is 0 Å². The highest BCUT2D eigenvalue weighted by atomic mass is 35.5. The molecule has 1 aromatic rings. The number of ether oxygens (including phenoxy) is 1. The maximum Gasteiger partial charge on any atom is 0.138 e. The van der Waals surface area contributed by atoms with Gasteiger partial charge in [0.15, 0.2) is 0 Å². The smallest absolute Gasteiger partial charge is 0.138 e. The Morgan fingerprint density at radius 3 is 3.19 bits per heavy atom. The molecule has 6 heteroatoms. The average Bonchev–Trinajstić information content (AvgIpc) is 2.66. The van der Waals surface area contributed by atoms with Gasteiger partial charge in [0.1, 0.15) is 10.0 Å². The van der Waals surface area contributed by atoms with Gasteiger partial charge in [0.05, 0.1) is 6.10 Å². The van der Waals surface area contributed by atoms with Crippen LogP contribution < -0.4 is 0 Å². The van der Waals surface area contributed by atoms with Gasteiger partial charge >= 0.3 is 0 Å². The first-order valence-corrected chi connectivity index (χ1v) is 6.75. The Hall–Kier alpha value is -0.230. The highest BCUT2D eigenvalue weighted by Gasteiger charge is 2.21. The predicted molar refractivity (Wildman–Crippen MR) is 64.8 cm³/mol. The van der Waals surface area contributed by atoms with E-state index in [4.69, 9.17) is 16.3 Å². The quantitative estimate of drug-likeness (QED) is 0.833. The molecule has 90 valence electrons. The average molecular weight is 262 g/mol. The number of hydrogen-bond acceptors (Lipinski definition) is 5. The van der Waals surface area contributed by atoms with Crippen LogP contribution in [0, 0.1) is 0 Å². The zero-order valence-corrected chi connectivity index (χ0v) is 10.9. The van der Waals surface area contributed by atoms with Gasteiger partial charge in [0, 0.05) is 31.2 Å². The van der Waals surface area contributed by atoms with E-state index in [-0.39, 0.29) is 0 Å². The Morgan fingerprint density at radius 2 is 2.50 bits per heavy atom. The lowest BCUT2D eigenvalue weighted by atomic mass is 10.1. The summed E-state index contributed by atoms with van der Waals surface area (Å²) >= 11 is 7.24. The number of aromatic nitrogens is 2. The summed E-state index contributed by atoms with van der Waals surface area (Å²) in [6.45, 7) is 5.69. The Bertz CT molecular complexity index is 332. The van der Waals surface area contributed by atoms with Crippen LogP contribution in [0.25, 0.3) is 0 Å². The van der Waals surface area contributed by atoms with Gasteiger partial charge in [-0.1, -0.05) is 16.1 Å². The van der Waals surface area contributed by atoms with Crippen LogP contribution in [0.5, 0.6) is 0 Å². The molecule has 0 aliphatic carbocycles. The fourth-order valence-corrected chi connectivity index (χ4v) is 2.64. The van der Waals surface area contributed by atoms with Gasteiger partial charge in [-0.15, -0.1) is 5.10 Å². The van der Waals surface area contributed by atoms with Crippen LogP contribution in [0.15, 0.2) is 0 Å². The summed E-state index contributed by atoms with van der Waals surface area (Å²) in [6, 6.07) is 0. The molecule has 0 bridgehead atoms. The molecule has 2 heterocycles. The van der Waals surface area contributed by atoms with Crippen LogP contribution in [-0.4, -0.2) is 40.3 Å². The number of hydrogen-bond donors (Lipinski definition) is 0. The van der Waals surface area contributed by atoms with Gasteiger partial charge in [-0.05, 0) is 26.3 Å². The lowest BCUT2D eigenvalue weighted by molar-refractivity contribution is 0.00332. The molecular weight excluding hydrogens is 246 g/mol. The number of piperidine rings is 1. The van der Waals surface area contributed by atoms with Crippen molar-refractivity contribution < 1.29 is 4.74 Å². The maximum atomic E-state index is 5.99. The first-order valence-electron chi connectivity index (χ1n) is 5.60. The number of nitrogens with zero attached hydrogens (tertiary/aromatic N) is 3. The second-order valence-electron chi connectivity index (χ2n) is 3.95. The first kappa shape index (κ1) is 12.2. The predicted octanol–water partition coefficient (Wildman–Crippen LogP) is 2.19. The molecule has 1 saturated heterocycles. The Morgan fingerprint density at radius 1 is 1.62 bits per heavy atom. The third-order valence-electron chi connectivity index (χ3n) is 2.75. The minimum Gasteiger partial charge on any atom is -0.377 e. The second-order valence-corrected chi connectivity index (χ2v) is 5.30. The molecule has 1 unspecified atom stereocenters. The third-order valence-corrected chi connectivity index (χ3v) is 3.73. The Balaban J connectivity index is 1.88. The molecule has 0 spiro atoms. The molecular formula is C10H16ClN3OS. The first-order chi connectivity index (χ1) is 7.79. The van der Waals surface area contributed by atoms with Crippen LogP contribution in [-0.2, 0) is 11.3 Å². The summed E-state index contributed by atoms with van der Waals surface area (Å²) in [7, 11) is 0. The zero-order valence-electron chi connectivity index (χ0n) is 9.36. The van der Waals surface area contributed by atoms with Crippen LogP contribution in [0.1, 0.15) is 25.5 Å². The van der Waals surface area contributed by atoms with Crippen molar-refractivity contribution in [1.82, 2.24) is 14.5 Å². The van der Waals surface area contributed by atoms with E-state index in [0.717, 1.165) is 38.4 Å². The zero-order chi connectivity index (χ0) is 11.4. The van der Waals surface area contributed by atoms with E-state index in [2.05, 4.69) is 14.5 Å². The highest BCUT2D eigenvalue weighted by Crippen LogP contribution is 2.21. The molecule has 16 heavy (non-hydrogen) atoms. The van der Waals surface area contributed by atoms with Gasteiger partial charge in [-0.3, -0.25) is 4.90 Å². The maximum absolute atomic E-state index is 5.99. The second kappa shape index (κ2) is 5.91. The number of halogens is 1. The molecule has 1 aliphatic heterocycles. The summed E-state index contributed by atoms with van der Waals surface area (Å²) in [4.78, 5) is 2.34. The van der Waals surface area contributed by atoms with E-state index < -0.39 is 0 Å². The fourth-order valence-electron chi connectivity index (χ4n) is 2.03. The van der Waals surface area contributed by atoms with Crippen molar-refractivity contribution in [3.05, 3.63) is 10.0 Å². The lowest BCUT2D eigenvalue weighted by Gasteiger charge is -2.31. The fraction of sp³-hybridized carbons (Fsp3) is 0.800. The summed E-state index contributed by atoms with van der Waals surface area (Å²) in [6.07, 6.45) is 2.71. The van der Waals surface area contributed by atoms with Crippen molar-refractivity contribution in [2.45, 2.75) is 32.4 Å². The summed E-state index contributed by atoms with van der Waals surface area (Å²) in [5.74, 6) is 0. The van der Waals surface area contributed by atoms with Gasteiger partial charge in [0.25, 0.3) is 0 Å². The van der Waals surface area contributed by atoms with Gasteiger partial charge in [-0.25, -0.2) is 0 Å². The lowest BCUT2D eigenvalue weighted by Crippen LogP contribution is -2.39. The van der Waals surface area contributed by atoms with Crippen molar-refractivity contribution >= 4 is 23.1 Å². The molecule has 0 amide bonds. The molecule has 4 nitrogen and oxygen atoms in total. The molecule has 0 N–H and O–H groups in total. The van der Waals surface area contributed by atoms with E-state index in [1.165, 1.54) is 18.0 Å². The molecule has 1 atom stereocenters.